The van der Waals surface area contributed by atoms with E-state index in [9.17, 15) is 42.4 Å². The standard InChI is InChI=1S/C25H25ClF2N4O10P2/c1-12-17(26)4-3-16-14(10-29-21(12)16)9-20-24(34)32(25(35)31-20)22(13-2-5-18(27)19(28)8-13)23(33)30-15(6-7-43(36,37)38)11-42-44(39,40)41/h2-5,8-10,15,22,34H,6-7,11H2,1H3,(H,30,33)(H,31,35)(H2,36,37,38)(H2,39,40,41)/b14-9+. The lowest BCUT2D eigenvalue weighted by molar-refractivity contribution is -0.124. The first kappa shape index (κ1) is 33.4. The number of fused-ring (bicyclic) bond motifs is 1. The molecule has 0 fully saturated rings. The molecule has 2 unspecified atom stereocenters. The van der Waals surface area contributed by atoms with Gasteiger partial charge in [-0.05, 0) is 48.7 Å². The maximum Gasteiger partial charge on any atom is 0.469 e. The quantitative estimate of drug-likeness (QED) is 0.147. The van der Waals surface area contributed by atoms with Crippen LogP contribution in [0.15, 0.2) is 40.1 Å². The van der Waals surface area contributed by atoms with E-state index in [1.165, 1.54) is 12.3 Å². The molecule has 4 rings (SSSR count). The second-order valence-electron chi connectivity index (χ2n) is 9.71. The minimum absolute atomic E-state index is 0.194. The number of aromatic nitrogens is 2. The van der Waals surface area contributed by atoms with Gasteiger partial charge in [0.1, 0.15) is 11.7 Å². The smallest absolute Gasteiger partial charge is 0.469 e. The highest BCUT2D eigenvalue weighted by atomic mass is 35.5. The summed E-state index contributed by atoms with van der Waals surface area (Å²) in [6.07, 6.45) is 1.43. The van der Waals surface area contributed by atoms with Crippen molar-refractivity contribution in [2.45, 2.75) is 25.4 Å². The van der Waals surface area contributed by atoms with Crippen LogP contribution in [0.2, 0.25) is 5.02 Å². The number of phosphoric ester groups is 1. The third-order valence-electron chi connectivity index (χ3n) is 6.56. The Kier molecular flexibility index (Phi) is 9.78. The van der Waals surface area contributed by atoms with E-state index in [0.29, 0.717) is 44.1 Å². The molecule has 2 heterocycles. The number of halogens is 3. The van der Waals surface area contributed by atoms with Crippen LogP contribution in [-0.2, 0) is 18.4 Å². The first-order valence-corrected chi connectivity index (χ1v) is 16.2. The fourth-order valence-corrected chi connectivity index (χ4v) is 5.61. The molecule has 0 aliphatic carbocycles. The van der Waals surface area contributed by atoms with Crippen molar-refractivity contribution in [1.29, 1.82) is 0 Å². The van der Waals surface area contributed by atoms with Crippen LogP contribution in [-0.4, -0.2) is 65.2 Å². The lowest BCUT2D eigenvalue weighted by Gasteiger charge is -2.24. The predicted molar refractivity (Wildman–Crippen MR) is 155 cm³/mol. The van der Waals surface area contributed by atoms with Crippen molar-refractivity contribution in [3.05, 3.63) is 79.9 Å². The number of H-pyrrole nitrogens is 1. The average Bonchev–Trinajstić information content (AvgIpc) is 3.45. The third kappa shape index (κ3) is 7.78. The number of allylic oxidation sites excluding steroid dienone is 1. The van der Waals surface area contributed by atoms with Crippen LogP contribution in [0, 0.1) is 18.6 Å². The fourth-order valence-electron chi connectivity index (χ4n) is 4.44. The molecule has 2 aromatic carbocycles. The number of imidazole rings is 1. The highest BCUT2D eigenvalue weighted by Gasteiger charge is 2.32. The van der Waals surface area contributed by atoms with Crippen molar-refractivity contribution < 1.29 is 51.9 Å². The van der Waals surface area contributed by atoms with Crippen LogP contribution in [0.4, 0.5) is 14.5 Å². The van der Waals surface area contributed by atoms with E-state index < -0.39 is 75.8 Å². The predicted octanol–water partition coefficient (Wildman–Crippen LogP) is 3.13. The molecule has 236 valence electrons. The minimum Gasteiger partial charge on any atom is -0.493 e. The van der Waals surface area contributed by atoms with Crippen molar-refractivity contribution in [1.82, 2.24) is 14.9 Å². The molecule has 1 aliphatic rings. The first-order valence-electron chi connectivity index (χ1n) is 12.5. The molecule has 2 atom stereocenters. The molecule has 0 spiro atoms. The van der Waals surface area contributed by atoms with Crippen molar-refractivity contribution >= 4 is 56.5 Å². The van der Waals surface area contributed by atoms with Crippen LogP contribution >= 0.6 is 27.0 Å². The number of amides is 1. The van der Waals surface area contributed by atoms with E-state index in [2.05, 4.69) is 19.8 Å². The van der Waals surface area contributed by atoms with Crippen LogP contribution in [0.25, 0.3) is 11.6 Å². The average molecular weight is 677 g/mol. The molecule has 1 aliphatic heterocycles. The summed E-state index contributed by atoms with van der Waals surface area (Å²) in [5.41, 5.74) is 0.713. The van der Waals surface area contributed by atoms with Crippen LogP contribution in [0.1, 0.15) is 34.8 Å². The van der Waals surface area contributed by atoms with Gasteiger partial charge in [0.2, 0.25) is 11.8 Å². The van der Waals surface area contributed by atoms with Gasteiger partial charge in [0.15, 0.2) is 11.6 Å². The summed E-state index contributed by atoms with van der Waals surface area (Å²) in [6.45, 7) is 0.828. The van der Waals surface area contributed by atoms with Crippen molar-refractivity contribution in [3.63, 3.8) is 0 Å². The zero-order valence-corrected chi connectivity index (χ0v) is 25.1. The molecule has 7 N–H and O–H groups in total. The van der Waals surface area contributed by atoms with E-state index in [1.54, 1.807) is 19.1 Å². The molecule has 1 aromatic heterocycles. The van der Waals surface area contributed by atoms with Gasteiger partial charge >= 0.3 is 21.1 Å². The largest absolute Gasteiger partial charge is 0.493 e. The van der Waals surface area contributed by atoms with Gasteiger partial charge in [0.25, 0.3) is 0 Å². The molecular weight excluding hydrogens is 652 g/mol. The van der Waals surface area contributed by atoms with Gasteiger partial charge in [-0.1, -0.05) is 23.7 Å². The number of nitrogens with zero attached hydrogens (tertiary/aromatic N) is 2. The number of aromatic amines is 1. The summed E-state index contributed by atoms with van der Waals surface area (Å²) >= 11 is 6.16. The Morgan fingerprint density at radius 3 is 2.52 bits per heavy atom. The number of benzene rings is 2. The molecule has 19 heteroatoms. The number of hydrogen-bond donors (Lipinski definition) is 7. The van der Waals surface area contributed by atoms with Crippen molar-refractivity contribution in [3.8, 4) is 5.88 Å². The summed E-state index contributed by atoms with van der Waals surface area (Å²) in [6, 6.07) is 2.17. The van der Waals surface area contributed by atoms with E-state index in [-0.39, 0.29) is 11.3 Å². The number of carbonyl (C=O) groups excluding carboxylic acids is 1. The van der Waals surface area contributed by atoms with Gasteiger partial charge in [0, 0.05) is 22.4 Å². The first-order chi connectivity index (χ1) is 20.4. The zero-order chi connectivity index (χ0) is 32.6. The number of rotatable bonds is 11. The van der Waals surface area contributed by atoms with Gasteiger partial charge < -0.3 is 35.0 Å². The Hall–Kier alpha value is -3.46. The second-order valence-corrected chi connectivity index (χ2v) is 13.1. The molecule has 0 saturated carbocycles. The molecule has 14 nitrogen and oxygen atoms in total. The minimum atomic E-state index is -5.10. The van der Waals surface area contributed by atoms with E-state index in [4.69, 9.17) is 21.4 Å². The summed E-state index contributed by atoms with van der Waals surface area (Å²) in [4.78, 5) is 70.1. The number of aromatic hydroxyl groups is 1. The topological polar surface area (TPSA) is 224 Å². The van der Waals surface area contributed by atoms with Crippen molar-refractivity contribution in [2.75, 3.05) is 12.8 Å². The summed E-state index contributed by atoms with van der Waals surface area (Å²) < 4.78 is 55.6. The van der Waals surface area contributed by atoms with Gasteiger partial charge in [-0.3, -0.25) is 18.9 Å². The third-order valence-corrected chi connectivity index (χ3v) is 8.30. The monoisotopic (exact) mass is 676 g/mol. The fraction of sp³-hybridized carbons (Fsp3) is 0.240. The Morgan fingerprint density at radius 2 is 1.89 bits per heavy atom. The lowest BCUT2D eigenvalue weighted by atomic mass is 10.0. The summed E-state index contributed by atoms with van der Waals surface area (Å²) in [5, 5.41) is 13.8. The van der Waals surface area contributed by atoms with Crippen LogP contribution in [0.5, 0.6) is 5.88 Å². The molecule has 0 saturated heterocycles. The van der Waals surface area contributed by atoms with Crippen molar-refractivity contribution in [2.24, 2.45) is 4.99 Å². The molecule has 0 bridgehead atoms. The number of aliphatic imine (C=N–C) groups is 1. The maximum atomic E-state index is 14.3. The van der Waals surface area contributed by atoms with E-state index >= 15 is 0 Å². The van der Waals surface area contributed by atoms with Gasteiger partial charge in [0.05, 0.1) is 24.5 Å². The van der Waals surface area contributed by atoms with Gasteiger partial charge in [-0.2, -0.15) is 0 Å². The SMILES string of the molecule is Cc1c(Cl)ccc2c1N=C/C2=C\c1[nH]c(=O)n(C(C(=O)NC(CCP(=O)(O)O)COP(=O)(O)O)c2ccc(F)c(F)c2)c1O. The van der Waals surface area contributed by atoms with Gasteiger partial charge in [-0.25, -0.2) is 22.7 Å². The Labute approximate surface area is 252 Å². The molecule has 44 heavy (non-hydrogen) atoms. The van der Waals surface area contributed by atoms with Gasteiger partial charge in [-0.15, -0.1) is 0 Å². The van der Waals surface area contributed by atoms with E-state index in [0.717, 1.165) is 6.07 Å². The zero-order valence-electron chi connectivity index (χ0n) is 22.5. The van der Waals surface area contributed by atoms with Crippen LogP contribution in [0.3, 0.4) is 0 Å². The number of hydrogen-bond acceptors (Lipinski definition) is 7. The maximum absolute atomic E-state index is 14.3. The molecule has 3 aromatic rings. The number of carbonyl (C=O) groups is 1. The highest BCUT2D eigenvalue weighted by Crippen LogP contribution is 2.40. The molecule has 1 amide bonds. The second kappa shape index (κ2) is 12.9. The summed E-state index contributed by atoms with van der Waals surface area (Å²) in [5.74, 6) is -4.69. The Morgan fingerprint density at radius 1 is 1.18 bits per heavy atom. The molecule has 0 radical (unpaired) electrons. The number of phosphoric acid groups is 1. The molecular formula is C25H25ClF2N4O10P2. The normalized spacial score (nSPS) is 15.4. The number of nitrogens with one attached hydrogen (secondary N) is 2. The van der Waals surface area contributed by atoms with Crippen LogP contribution < -0.4 is 11.0 Å². The highest BCUT2D eigenvalue weighted by molar-refractivity contribution is 7.51. The Balaban J connectivity index is 1.76. The Bertz CT molecular complexity index is 1810. The summed E-state index contributed by atoms with van der Waals surface area (Å²) in [7, 11) is -9.75. The lowest BCUT2D eigenvalue weighted by Crippen LogP contribution is -2.44. The van der Waals surface area contributed by atoms with E-state index in [1.807, 2.05) is 0 Å².